The number of hydrazine groups is 1. The number of hydrogen-bond acceptors (Lipinski definition) is 6. The fraction of sp³-hybridized carbons (Fsp3) is 0.200. The first-order chi connectivity index (χ1) is 14.4. The van der Waals surface area contributed by atoms with Gasteiger partial charge in [-0.15, -0.1) is 0 Å². The molecule has 2 rings (SSSR count). The van der Waals surface area contributed by atoms with Gasteiger partial charge in [-0.1, -0.05) is 15.9 Å². The Kier molecular flexibility index (Phi) is 8.82. The first-order valence-corrected chi connectivity index (χ1v) is 9.61. The molecule has 2 aromatic carbocycles. The molecular formula is C20H20BrN3O6. The van der Waals surface area contributed by atoms with E-state index in [1.54, 1.807) is 48.5 Å². The molecule has 0 aliphatic carbocycles. The third kappa shape index (κ3) is 7.92. The van der Waals surface area contributed by atoms with Crippen LogP contribution in [0, 0.1) is 0 Å². The summed E-state index contributed by atoms with van der Waals surface area (Å²) in [5, 5.41) is 2.63. The van der Waals surface area contributed by atoms with Crippen LogP contribution in [0.5, 0.6) is 5.75 Å². The van der Waals surface area contributed by atoms with E-state index in [-0.39, 0.29) is 18.7 Å². The Morgan fingerprint density at radius 1 is 0.867 bits per heavy atom. The molecule has 0 aliphatic rings. The lowest BCUT2D eigenvalue weighted by Gasteiger charge is -2.09. The van der Waals surface area contributed by atoms with Crippen molar-refractivity contribution >= 4 is 45.3 Å². The number of hydrogen-bond donors (Lipinski definition) is 3. The fourth-order valence-corrected chi connectivity index (χ4v) is 2.43. The second-order valence-electron chi connectivity index (χ2n) is 5.95. The van der Waals surface area contributed by atoms with E-state index in [1.807, 2.05) is 0 Å². The van der Waals surface area contributed by atoms with Gasteiger partial charge in [0.15, 0.2) is 6.61 Å². The minimum absolute atomic E-state index is 0.104. The van der Waals surface area contributed by atoms with Crippen molar-refractivity contribution in [1.29, 1.82) is 0 Å². The van der Waals surface area contributed by atoms with Gasteiger partial charge >= 0.3 is 5.97 Å². The summed E-state index contributed by atoms with van der Waals surface area (Å²) in [6, 6.07) is 13.2. The lowest BCUT2D eigenvalue weighted by Crippen LogP contribution is -2.43. The molecule has 0 unspecified atom stereocenters. The van der Waals surface area contributed by atoms with Crippen LogP contribution in [-0.2, 0) is 19.1 Å². The van der Waals surface area contributed by atoms with Crippen molar-refractivity contribution in [2.24, 2.45) is 0 Å². The standard InChI is InChI=1S/C20H20BrN3O6/c1-29-16-8-6-15(7-9-16)22-17(25)10-11-19(27)30-12-18(26)23-24-20(28)13-2-4-14(21)5-3-13/h2-9H,10-12H2,1H3,(H,22,25)(H,23,26)(H,24,28). The van der Waals surface area contributed by atoms with Gasteiger partial charge in [0, 0.05) is 22.1 Å². The lowest BCUT2D eigenvalue weighted by atomic mass is 10.2. The molecule has 3 amide bonds. The number of methoxy groups -OCH3 is 1. The van der Waals surface area contributed by atoms with E-state index in [1.165, 1.54) is 7.11 Å². The predicted molar refractivity (Wildman–Crippen MR) is 112 cm³/mol. The second kappa shape index (κ2) is 11.6. The smallest absolute Gasteiger partial charge is 0.306 e. The van der Waals surface area contributed by atoms with Crippen molar-refractivity contribution in [3.63, 3.8) is 0 Å². The van der Waals surface area contributed by atoms with Crippen molar-refractivity contribution in [1.82, 2.24) is 10.9 Å². The Morgan fingerprint density at radius 3 is 2.17 bits per heavy atom. The molecule has 0 fully saturated rings. The van der Waals surface area contributed by atoms with Gasteiger partial charge in [0.1, 0.15) is 5.75 Å². The molecule has 10 heteroatoms. The summed E-state index contributed by atoms with van der Waals surface area (Å²) in [7, 11) is 1.54. The van der Waals surface area contributed by atoms with Crippen molar-refractivity contribution < 1.29 is 28.7 Å². The van der Waals surface area contributed by atoms with E-state index < -0.39 is 24.4 Å². The van der Waals surface area contributed by atoms with Crippen molar-refractivity contribution in [2.45, 2.75) is 12.8 Å². The van der Waals surface area contributed by atoms with Gasteiger partial charge in [0.25, 0.3) is 11.8 Å². The molecule has 0 spiro atoms. The number of nitrogens with one attached hydrogen (secondary N) is 3. The van der Waals surface area contributed by atoms with Gasteiger partial charge < -0.3 is 14.8 Å². The molecule has 158 valence electrons. The largest absolute Gasteiger partial charge is 0.497 e. The Bertz CT molecular complexity index is 900. The van der Waals surface area contributed by atoms with Gasteiger partial charge in [-0.3, -0.25) is 30.0 Å². The SMILES string of the molecule is COc1ccc(NC(=O)CCC(=O)OCC(=O)NNC(=O)c2ccc(Br)cc2)cc1. The molecule has 0 heterocycles. The van der Waals surface area contributed by atoms with E-state index in [0.29, 0.717) is 17.0 Å². The molecule has 30 heavy (non-hydrogen) atoms. The summed E-state index contributed by atoms with van der Waals surface area (Å²) >= 11 is 3.25. The number of carbonyl (C=O) groups is 4. The highest BCUT2D eigenvalue weighted by molar-refractivity contribution is 9.10. The highest BCUT2D eigenvalue weighted by Gasteiger charge is 2.12. The normalized spacial score (nSPS) is 9.93. The molecule has 0 saturated heterocycles. The average Bonchev–Trinajstić information content (AvgIpc) is 2.75. The zero-order chi connectivity index (χ0) is 21.9. The molecule has 0 aliphatic heterocycles. The van der Waals surface area contributed by atoms with Gasteiger partial charge in [-0.2, -0.15) is 0 Å². The quantitative estimate of drug-likeness (QED) is 0.395. The third-order valence-corrected chi connectivity index (χ3v) is 4.24. The fourth-order valence-electron chi connectivity index (χ4n) is 2.17. The minimum atomic E-state index is -0.714. The molecule has 2 aromatic rings. The Hall–Kier alpha value is -3.40. The van der Waals surface area contributed by atoms with Crippen LogP contribution in [0.1, 0.15) is 23.2 Å². The van der Waals surface area contributed by atoms with Crippen molar-refractivity contribution in [3.8, 4) is 5.75 Å². The summed E-state index contributed by atoms with van der Waals surface area (Å²) in [6.45, 7) is -0.584. The minimum Gasteiger partial charge on any atom is -0.497 e. The topological polar surface area (TPSA) is 123 Å². The van der Waals surface area contributed by atoms with Crippen molar-refractivity contribution in [3.05, 3.63) is 58.6 Å². The molecule has 3 N–H and O–H groups in total. The number of halogens is 1. The van der Waals surface area contributed by atoms with Crippen LogP contribution in [0.15, 0.2) is 53.0 Å². The summed E-state index contributed by atoms with van der Waals surface area (Å²) in [6.07, 6.45) is -0.298. The number of ether oxygens (including phenoxy) is 2. The molecule has 0 bridgehead atoms. The Balaban J connectivity index is 1.63. The van der Waals surface area contributed by atoms with Gasteiger partial charge in [-0.25, -0.2) is 0 Å². The third-order valence-electron chi connectivity index (χ3n) is 3.72. The number of rotatable bonds is 8. The van der Waals surface area contributed by atoms with Crippen LogP contribution in [0.3, 0.4) is 0 Å². The Labute approximate surface area is 181 Å². The van der Waals surface area contributed by atoms with Crippen LogP contribution >= 0.6 is 15.9 Å². The summed E-state index contributed by atoms with van der Waals surface area (Å²) in [5.74, 6) is -1.66. The molecule has 0 atom stereocenters. The second-order valence-corrected chi connectivity index (χ2v) is 6.86. The maximum atomic E-state index is 11.9. The van der Waals surface area contributed by atoms with Crippen LogP contribution in [0.2, 0.25) is 0 Å². The highest BCUT2D eigenvalue weighted by atomic mass is 79.9. The van der Waals surface area contributed by atoms with E-state index in [0.717, 1.165) is 4.47 Å². The van der Waals surface area contributed by atoms with Gasteiger partial charge in [0.2, 0.25) is 5.91 Å². The lowest BCUT2D eigenvalue weighted by molar-refractivity contribution is -0.149. The number of amides is 3. The molecular weight excluding hydrogens is 458 g/mol. The summed E-state index contributed by atoms with van der Waals surface area (Å²) < 4.78 is 10.6. The van der Waals surface area contributed by atoms with E-state index in [2.05, 4.69) is 32.1 Å². The van der Waals surface area contributed by atoms with Crippen LogP contribution < -0.4 is 20.9 Å². The van der Waals surface area contributed by atoms with Crippen molar-refractivity contribution in [2.75, 3.05) is 19.0 Å². The zero-order valence-electron chi connectivity index (χ0n) is 16.1. The first-order valence-electron chi connectivity index (χ1n) is 8.81. The average molecular weight is 478 g/mol. The number of anilines is 1. The Morgan fingerprint density at radius 2 is 1.53 bits per heavy atom. The predicted octanol–water partition coefficient (Wildman–Crippen LogP) is 2.18. The van der Waals surface area contributed by atoms with Gasteiger partial charge in [-0.05, 0) is 48.5 Å². The summed E-state index contributed by atoms with van der Waals surface area (Å²) in [4.78, 5) is 47.1. The molecule has 9 nitrogen and oxygen atoms in total. The highest BCUT2D eigenvalue weighted by Crippen LogP contribution is 2.15. The van der Waals surface area contributed by atoms with E-state index in [4.69, 9.17) is 9.47 Å². The van der Waals surface area contributed by atoms with E-state index in [9.17, 15) is 19.2 Å². The maximum absolute atomic E-state index is 11.9. The number of esters is 1. The number of carbonyl (C=O) groups excluding carboxylic acids is 4. The van der Waals surface area contributed by atoms with E-state index >= 15 is 0 Å². The zero-order valence-corrected chi connectivity index (χ0v) is 17.7. The summed E-state index contributed by atoms with van der Waals surface area (Å²) in [5.41, 5.74) is 5.26. The molecule has 0 radical (unpaired) electrons. The molecule has 0 saturated carbocycles. The van der Waals surface area contributed by atoms with Crippen LogP contribution in [0.25, 0.3) is 0 Å². The first kappa shape index (κ1) is 22.9. The maximum Gasteiger partial charge on any atom is 0.306 e. The van der Waals surface area contributed by atoms with Crippen LogP contribution in [-0.4, -0.2) is 37.4 Å². The number of benzene rings is 2. The molecule has 0 aromatic heterocycles. The van der Waals surface area contributed by atoms with Crippen LogP contribution in [0.4, 0.5) is 5.69 Å². The van der Waals surface area contributed by atoms with Gasteiger partial charge in [0.05, 0.1) is 13.5 Å². The monoisotopic (exact) mass is 477 g/mol.